The number of hydrogen-bond donors (Lipinski definition) is 1. The summed E-state index contributed by atoms with van der Waals surface area (Å²) in [5, 5.41) is 14.9. The summed E-state index contributed by atoms with van der Waals surface area (Å²) < 4.78 is 5.77. The first-order valence-electron chi connectivity index (χ1n) is 9.34. The van der Waals surface area contributed by atoms with Gasteiger partial charge in [0.25, 0.3) is 5.69 Å². The maximum Gasteiger partial charge on any atom is 0.273 e. The van der Waals surface area contributed by atoms with Crippen LogP contribution in [0.15, 0.2) is 77.9 Å². The fraction of sp³-hybridized carbons (Fsp3) is 0.130. The lowest BCUT2D eigenvalue weighted by Crippen LogP contribution is -2.20. The van der Waals surface area contributed by atoms with Crippen LogP contribution < -0.4 is 10.2 Å². The normalized spacial score (nSPS) is 10.7. The summed E-state index contributed by atoms with van der Waals surface area (Å²) in [4.78, 5) is 22.5. The molecule has 0 radical (unpaired) electrons. The molecule has 0 fully saturated rings. The van der Waals surface area contributed by atoms with Gasteiger partial charge in [0.2, 0.25) is 5.91 Å². The zero-order valence-corrected chi connectivity index (χ0v) is 16.4. The second-order valence-corrected chi connectivity index (χ2v) is 6.70. The number of amides is 1. The van der Waals surface area contributed by atoms with Gasteiger partial charge >= 0.3 is 0 Å². The highest BCUT2D eigenvalue weighted by molar-refractivity contribution is 5.83. The Morgan fingerprint density at radius 3 is 2.60 bits per heavy atom. The Bertz CT molecular complexity index is 1060. The van der Waals surface area contributed by atoms with Crippen LogP contribution in [0.4, 0.5) is 5.69 Å². The molecule has 0 saturated heterocycles. The third kappa shape index (κ3) is 6.00. The molecular formula is C23H21N3O4. The summed E-state index contributed by atoms with van der Waals surface area (Å²) in [7, 11) is 0. The number of rotatable bonds is 8. The molecule has 0 aliphatic rings. The minimum Gasteiger partial charge on any atom is -0.489 e. The van der Waals surface area contributed by atoms with Crippen molar-refractivity contribution >= 4 is 17.8 Å². The predicted molar refractivity (Wildman–Crippen MR) is 114 cm³/mol. The van der Waals surface area contributed by atoms with Crippen LogP contribution in [0.1, 0.15) is 22.3 Å². The monoisotopic (exact) mass is 403 g/mol. The van der Waals surface area contributed by atoms with Crippen molar-refractivity contribution in [2.45, 2.75) is 20.0 Å². The fourth-order valence-electron chi connectivity index (χ4n) is 2.85. The second-order valence-electron chi connectivity index (χ2n) is 6.70. The first-order valence-corrected chi connectivity index (χ1v) is 9.34. The third-order valence-electron chi connectivity index (χ3n) is 4.31. The van der Waals surface area contributed by atoms with Gasteiger partial charge in [0.15, 0.2) is 0 Å². The quantitative estimate of drug-likeness (QED) is 0.347. The molecule has 0 saturated carbocycles. The number of aryl methyl sites for hydroxylation is 1. The minimum atomic E-state index is -0.505. The summed E-state index contributed by atoms with van der Waals surface area (Å²) >= 11 is 0. The summed E-state index contributed by atoms with van der Waals surface area (Å²) in [6.07, 6.45) is 1.38. The van der Waals surface area contributed by atoms with Crippen molar-refractivity contribution in [3.63, 3.8) is 0 Å². The van der Waals surface area contributed by atoms with Crippen molar-refractivity contribution in [3.8, 4) is 5.75 Å². The highest BCUT2D eigenvalue weighted by Crippen LogP contribution is 2.18. The molecule has 0 bridgehead atoms. The number of para-hydroxylation sites is 1. The van der Waals surface area contributed by atoms with E-state index in [9.17, 15) is 14.9 Å². The van der Waals surface area contributed by atoms with Crippen LogP contribution in [-0.2, 0) is 17.8 Å². The highest BCUT2D eigenvalue weighted by Gasteiger charge is 2.14. The van der Waals surface area contributed by atoms with Crippen LogP contribution in [0.3, 0.4) is 0 Å². The van der Waals surface area contributed by atoms with Gasteiger partial charge in [0.1, 0.15) is 12.4 Å². The smallest absolute Gasteiger partial charge is 0.273 e. The fourth-order valence-corrected chi connectivity index (χ4v) is 2.85. The maximum absolute atomic E-state index is 12.0. The molecule has 0 spiro atoms. The lowest BCUT2D eigenvalue weighted by molar-refractivity contribution is -0.385. The SMILES string of the molecule is Cc1cccc(COc2ccc(C=NNC(=O)Cc3ccccc3[N+](=O)[O-])cc2)c1. The van der Waals surface area contributed by atoms with Gasteiger partial charge in [0.05, 0.1) is 17.6 Å². The van der Waals surface area contributed by atoms with E-state index < -0.39 is 10.8 Å². The largest absolute Gasteiger partial charge is 0.489 e. The average Bonchev–Trinajstić information content (AvgIpc) is 2.73. The van der Waals surface area contributed by atoms with Crippen LogP contribution in [0.25, 0.3) is 0 Å². The third-order valence-corrected chi connectivity index (χ3v) is 4.31. The molecule has 1 N–H and O–H groups in total. The van der Waals surface area contributed by atoms with E-state index in [1.54, 1.807) is 18.2 Å². The van der Waals surface area contributed by atoms with E-state index in [1.165, 1.54) is 17.8 Å². The standard InChI is InChI=1S/C23H21N3O4/c1-17-5-4-6-19(13-17)16-30-21-11-9-18(10-12-21)15-24-25-23(27)14-20-7-2-3-8-22(20)26(28)29/h2-13,15H,14,16H2,1H3,(H,25,27). The summed E-state index contributed by atoms with van der Waals surface area (Å²) in [5.41, 5.74) is 5.71. The predicted octanol–water partition coefficient (Wildman–Crippen LogP) is 4.18. The zero-order valence-electron chi connectivity index (χ0n) is 16.4. The Hall–Kier alpha value is -4.00. The van der Waals surface area contributed by atoms with Crippen molar-refractivity contribution in [1.82, 2.24) is 5.43 Å². The average molecular weight is 403 g/mol. The van der Waals surface area contributed by atoms with Gasteiger partial charge in [-0.25, -0.2) is 5.43 Å². The zero-order chi connectivity index (χ0) is 21.3. The summed E-state index contributed by atoms with van der Waals surface area (Å²) in [6.45, 7) is 2.52. The minimum absolute atomic E-state index is 0.0853. The van der Waals surface area contributed by atoms with Gasteiger partial charge in [-0.2, -0.15) is 5.10 Å². The molecule has 0 heterocycles. The number of hydrogen-bond acceptors (Lipinski definition) is 5. The van der Waals surface area contributed by atoms with Gasteiger partial charge < -0.3 is 4.74 Å². The number of nitro benzene ring substituents is 1. The topological polar surface area (TPSA) is 93.8 Å². The van der Waals surface area contributed by atoms with Crippen molar-refractivity contribution in [2.24, 2.45) is 5.10 Å². The van der Waals surface area contributed by atoms with E-state index in [0.717, 1.165) is 16.9 Å². The van der Waals surface area contributed by atoms with Crippen molar-refractivity contribution in [1.29, 1.82) is 0 Å². The van der Waals surface area contributed by atoms with Gasteiger partial charge in [0, 0.05) is 11.6 Å². The summed E-state index contributed by atoms with van der Waals surface area (Å²) in [6, 6.07) is 21.6. The molecule has 30 heavy (non-hydrogen) atoms. The van der Waals surface area contributed by atoms with Crippen LogP contribution in [-0.4, -0.2) is 17.0 Å². The molecule has 0 aromatic heterocycles. The van der Waals surface area contributed by atoms with Crippen molar-refractivity contribution < 1.29 is 14.5 Å². The van der Waals surface area contributed by atoms with Crippen LogP contribution >= 0.6 is 0 Å². The Morgan fingerprint density at radius 1 is 1.10 bits per heavy atom. The molecule has 0 unspecified atom stereocenters. The maximum atomic E-state index is 12.0. The lowest BCUT2D eigenvalue weighted by Gasteiger charge is -2.07. The Morgan fingerprint density at radius 2 is 1.87 bits per heavy atom. The molecule has 0 atom stereocenters. The first kappa shape index (κ1) is 20.7. The molecule has 0 aliphatic heterocycles. The van der Waals surface area contributed by atoms with E-state index in [1.807, 2.05) is 49.4 Å². The number of hydrazone groups is 1. The number of nitrogens with zero attached hydrogens (tertiary/aromatic N) is 2. The first-order chi connectivity index (χ1) is 14.5. The Labute approximate surface area is 174 Å². The number of nitrogens with one attached hydrogen (secondary N) is 1. The van der Waals surface area contributed by atoms with Gasteiger partial charge in [-0.15, -0.1) is 0 Å². The van der Waals surface area contributed by atoms with Gasteiger partial charge in [-0.3, -0.25) is 14.9 Å². The molecule has 3 aromatic carbocycles. The van der Waals surface area contributed by atoms with Gasteiger partial charge in [-0.05, 0) is 42.3 Å². The molecule has 7 heteroatoms. The molecule has 7 nitrogen and oxygen atoms in total. The molecule has 1 amide bonds. The number of carbonyl (C=O) groups excluding carboxylic acids is 1. The van der Waals surface area contributed by atoms with E-state index in [0.29, 0.717) is 12.2 Å². The highest BCUT2D eigenvalue weighted by atomic mass is 16.6. The Kier molecular flexibility index (Phi) is 6.89. The van der Waals surface area contributed by atoms with Crippen LogP contribution in [0.2, 0.25) is 0 Å². The molecule has 3 aromatic rings. The van der Waals surface area contributed by atoms with Crippen molar-refractivity contribution in [2.75, 3.05) is 0 Å². The summed E-state index contributed by atoms with van der Waals surface area (Å²) in [5.74, 6) is 0.299. The lowest BCUT2D eigenvalue weighted by atomic mass is 10.1. The van der Waals surface area contributed by atoms with Crippen molar-refractivity contribution in [3.05, 3.63) is 105 Å². The van der Waals surface area contributed by atoms with E-state index in [2.05, 4.69) is 16.6 Å². The molecule has 152 valence electrons. The number of benzene rings is 3. The molecular weight excluding hydrogens is 382 g/mol. The number of ether oxygens (including phenoxy) is 1. The van der Waals surface area contributed by atoms with E-state index >= 15 is 0 Å². The van der Waals surface area contributed by atoms with E-state index in [-0.39, 0.29) is 12.1 Å². The van der Waals surface area contributed by atoms with Crippen LogP contribution in [0.5, 0.6) is 5.75 Å². The number of carbonyl (C=O) groups is 1. The van der Waals surface area contributed by atoms with Gasteiger partial charge in [-0.1, -0.05) is 48.0 Å². The molecule has 0 aliphatic carbocycles. The van der Waals surface area contributed by atoms with E-state index in [4.69, 9.17) is 4.74 Å². The van der Waals surface area contributed by atoms with Crippen LogP contribution in [0, 0.1) is 17.0 Å². The number of nitro groups is 1. The Balaban J connectivity index is 1.50. The second kappa shape index (κ2) is 9.97. The molecule has 3 rings (SSSR count).